The molecular formula is C27H26F2N2. The van der Waals surface area contributed by atoms with Gasteiger partial charge in [0.1, 0.15) is 0 Å². The minimum atomic E-state index is -0.833. The van der Waals surface area contributed by atoms with Gasteiger partial charge >= 0.3 is 0 Å². The molecule has 3 aliphatic heterocycles. The Morgan fingerprint density at radius 2 is 1.42 bits per heavy atom. The highest BCUT2D eigenvalue weighted by molar-refractivity contribution is 5.80. The van der Waals surface area contributed by atoms with Crippen molar-refractivity contribution >= 4 is 6.21 Å². The molecule has 3 aromatic carbocycles. The van der Waals surface area contributed by atoms with Gasteiger partial charge < -0.3 is 0 Å². The van der Waals surface area contributed by atoms with Gasteiger partial charge in [-0.15, -0.1) is 0 Å². The van der Waals surface area contributed by atoms with Gasteiger partial charge in [0.25, 0.3) is 0 Å². The first-order chi connectivity index (χ1) is 15.2. The molecule has 2 atom stereocenters. The molecule has 0 N–H and O–H groups in total. The molecule has 0 aliphatic carbocycles. The Kier molecular flexibility index (Phi) is 5.65. The lowest BCUT2D eigenvalue weighted by atomic mass is 9.71. The fraction of sp³-hybridized carbons (Fsp3) is 0.296. The molecule has 3 aliphatic rings. The molecule has 3 aromatic rings. The van der Waals surface area contributed by atoms with E-state index in [4.69, 9.17) is 4.99 Å². The second kappa shape index (κ2) is 8.72. The van der Waals surface area contributed by atoms with Gasteiger partial charge in [-0.1, -0.05) is 72.8 Å². The number of fused-ring (bicyclic) bond motifs is 3. The van der Waals surface area contributed by atoms with E-state index >= 15 is 0 Å². The average molecular weight is 417 g/mol. The minimum absolute atomic E-state index is 0.0376. The zero-order chi connectivity index (χ0) is 21.2. The molecule has 3 saturated heterocycles. The first-order valence-corrected chi connectivity index (χ1v) is 11.0. The van der Waals surface area contributed by atoms with E-state index in [2.05, 4.69) is 53.4 Å². The number of rotatable bonds is 5. The predicted molar refractivity (Wildman–Crippen MR) is 121 cm³/mol. The topological polar surface area (TPSA) is 15.6 Å². The van der Waals surface area contributed by atoms with Crippen molar-refractivity contribution in [1.29, 1.82) is 0 Å². The molecule has 2 bridgehead atoms. The molecule has 0 radical (unpaired) electrons. The van der Waals surface area contributed by atoms with Crippen LogP contribution in [0.5, 0.6) is 0 Å². The molecule has 0 unspecified atom stereocenters. The van der Waals surface area contributed by atoms with Crippen LogP contribution in [0.4, 0.5) is 8.78 Å². The van der Waals surface area contributed by atoms with Crippen molar-refractivity contribution in [2.75, 3.05) is 13.1 Å². The maximum Gasteiger partial charge on any atom is 0.167 e. The van der Waals surface area contributed by atoms with Gasteiger partial charge in [-0.2, -0.15) is 0 Å². The van der Waals surface area contributed by atoms with Crippen molar-refractivity contribution in [2.24, 2.45) is 10.9 Å². The van der Waals surface area contributed by atoms with Crippen molar-refractivity contribution in [1.82, 2.24) is 4.90 Å². The monoisotopic (exact) mass is 416 g/mol. The van der Waals surface area contributed by atoms with E-state index in [1.165, 1.54) is 17.2 Å². The maximum atomic E-state index is 14.3. The van der Waals surface area contributed by atoms with E-state index in [1.54, 1.807) is 12.3 Å². The summed E-state index contributed by atoms with van der Waals surface area (Å²) in [7, 11) is 0. The molecule has 0 saturated carbocycles. The molecule has 3 fully saturated rings. The van der Waals surface area contributed by atoms with Gasteiger partial charge in [-0.05, 0) is 49.0 Å². The standard InChI is InChI=1S/C27H26F2N2/c28-23-13-7-12-22(25(23)29)18-30-26-21-14-16-31(17-15-21)27(26)24(19-8-3-1-4-9-19)20-10-5-2-6-11-20/h1-13,18,21,24,26-27H,14-17H2/b30-18+/t26-,27+/m1/s1. The number of aliphatic imine (C=N–C) groups is 1. The number of halogens is 2. The summed E-state index contributed by atoms with van der Waals surface area (Å²) in [6.45, 7) is 2.12. The van der Waals surface area contributed by atoms with Crippen LogP contribution in [-0.2, 0) is 0 Å². The van der Waals surface area contributed by atoms with E-state index < -0.39 is 11.6 Å². The Morgan fingerprint density at radius 1 is 0.806 bits per heavy atom. The van der Waals surface area contributed by atoms with Crippen LogP contribution < -0.4 is 0 Å². The van der Waals surface area contributed by atoms with Crippen molar-refractivity contribution in [3.8, 4) is 0 Å². The predicted octanol–water partition coefficient (Wildman–Crippen LogP) is 5.68. The Morgan fingerprint density at radius 3 is 2.03 bits per heavy atom. The van der Waals surface area contributed by atoms with Gasteiger partial charge in [0.2, 0.25) is 0 Å². The van der Waals surface area contributed by atoms with Gasteiger partial charge in [0, 0.05) is 23.7 Å². The summed E-state index contributed by atoms with van der Waals surface area (Å²) < 4.78 is 28.0. The molecule has 6 rings (SSSR count). The lowest BCUT2D eigenvalue weighted by molar-refractivity contribution is 0.0215. The Hall–Kier alpha value is -2.85. The van der Waals surface area contributed by atoms with Gasteiger partial charge in [-0.3, -0.25) is 9.89 Å². The first-order valence-electron chi connectivity index (χ1n) is 11.0. The van der Waals surface area contributed by atoms with Crippen molar-refractivity contribution < 1.29 is 8.78 Å². The molecule has 4 heteroatoms. The molecule has 3 heterocycles. The third-order valence-electron chi connectivity index (χ3n) is 6.85. The van der Waals surface area contributed by atoms with Crippen LogP contribution >= 0.6 is 0 Å². The zero-order valence-corrected chi connectivity index (χ0v) is 17.4. The smallest absolute Gasteiger partial charge is 0.167 e. The van der Waals surface area contributed by atoms with E-state index in [-0.39, 0.29) is 23.6 Å². The van der Waals surface area contributed by atoms with Gasteiger partial charge in [0.15, 0.2) is 11.6 Å². The summed E-state index contributed by atoms with van der Waals surface area (Å²) in [6.07, 6.45) is 3.74. The van der Waals surface area contributed by atoms with Crippen LogP contribution in [0, 0.1) is 17.6 Å². The first kappa shape index (κ1) is 20.1. The number of piperidine rings is 3. The van der Waals surface area contributed by atoms with Crippen molar-refractivity contribution in [3.05, 3.63) is 107 Å². The highest BCUT2D eigenvalue weighted by Crippen LogP contribution is 2.43. The fourth-order valence-corrected chi connectivity index (χ4v) is 5.37. The second-order valence-corrected chi connectivity index (χ2v) is 8.57. The quantitative estimate of drug-likeness (QED) is 0.489. The molecular weight excluding hydrogens is 390 g/mol. The molecule has 158 valence electrons. The Bertz CT molecular complexity index is 1000. The lowest BCUT2D eigenvalue weighted by Crippen LogP contribution is -2.59. The second-order valence-electron chi connectivity index (χ2n) is 8.57. The number of nitrogens with zero attached hydrogens (tertiary/aromatic N) is 2. The van der Waals surface area contributed by atoms with E-state index in [0.717, 1.165) is 32.0 Å². The van der Waals surface area contributed by atoms with Crippen LogP contribution in [0.3, 0.4) is 0 Å². The minimum Gasteiger partial charge on any atom is -0.297 e. The Balaban J connectivity index is 1.56. The largest absolute Gasteiger partial charge is 0.297 e. The van der Waals surface area contributed by atoms with Crippen LogP contribution in [0.25, 0.3) is 0 Å². The summed E-state index contributed by atoms with van der Waals surface area (Å²) in [5, 5.41) is 0. The number of benzene rings is 3. The normalized spacial score (nSPS) is 25.4. The SMILES string of the molecule is Fc1cccc(/C=N/[C@@H]2C3CCN(CC3)[C@H]2C(c2ccccc2)c2ccccc2)c1F. The van der Waals surface area contributed by atoms with E-state index in [1.807, 2.05) is 12.1 Å². The summed E-state index contributed by atoms with van der Waals surface area (Å²) in [5.74, 6) is -1.03. The van der Waals surface area contributed by atoms with E-state index in [9.17, 15) is 8.78 Å². The van der Waals surface area contributed by atoms with Crippen LogP contribution in [0.2, 0.25) is 0 Å². The molecule has 31 heavy (non-hydrogen) atoms. The highest BCUT2D eigenvalue weighted by atomic mass is 19.2. The Labute approximate surface area is 182 Å². The van der Waals surface area contributed by atoms with Gasteiger partial charge in [-0.25, -0.2) is 8.78 Å². The summed E-state index contributed by atoms with van der Waals surface area (Å²) in [6, 6.07) is 25.7. The summed E-state index contributed by atoms with van der Waals surface area (Å²) in [5.41, 5.74) is 2.75. The highest BCUT2D eigenvalue weighted by Gasteiger charge is 2.46. The van der Waals surface area contributed by atoms with E-state index in [0.29, 0.717) is 5.92 Å². The average Bonchev–Trinajstić information content (AvgIpc) is 2.83. The lowest BCUT2D eigenvalue weighted by Gasteiger charge is -2.52. The van der Waals surface area contributed by atoms with Crippen molar-refractivity contribution in [3.63, 3.8) is 0 Å². The molecule has 0 amide bonds. The van der Waals surface area contributed by atoms with Crippen molar-refractivity contribution in [2.45, 2.75) is 30.8 Å². The number of hydrogen-bond donors (Lipinski definition) is 0. The molecule has 0 aromatic heterocycles. The fourth-order valence-electron chi connectivity index (χ4n) is 5.37. The van der Waals surface area contributed by atoms with Crippen LogP contribution in [0.15, 0.2) is 83.9 Å². The maximum absolute atomic E-state index is 14.3. The molecule has 2 nitrogen and oxygen atoms in total. The molecule has 0 spiro atoms. The third-order valence-corrected chi connectivity index (χ3v) is 6.85. The summed E-state index contributed by atoms with van der Waals surface area (Å²) in [4.78, 5) is 7.47. The van der Waals surface area contributed by atoms with Gasteiger partial charge in [0.05, 0.1) is 6.04 Å². The summed E-state index contributed by atoms with van der Waals surface area (Å²) >= 11 is 0. The third kappa shape index (κ3) is 3.92. The van der Waals surface area contributed by atoms with Crippen LogP contribution in [-0.4, -0.2) is 36.3 Å². The van der Waals surface area contributed by atoms with Crippen LogP contribution in [0.1, 0.15) is 35.4 Å². The number of hydrogen-bond acceptors (Lipinski definition) is 2. The zero-order valence-electron chi connectivity index (χ0n) is 17.4.